The van der Waals surface area contributed by atoms with E-state index in [0.717, 1.165) is 43.7 Å². The highest BCUT2D eigenvalue weighted by molar-refractivity contribution is 5.67. The van der Waals surface area contributed by atoms with E-state index in [2.05, 4.69) is 32.2 Å². The first kappa shape index (κ1) is 29.1. The van der Waals surface area contributed by atoms with Gasteiger partial charge >= 0.3 is 6.09 Å². The Morgan fingerprint density at radius 2 is 1.82 bits per heavy atom. The van der Waals surface area contributed by atoms with Gasteiger partial charge in [-0.3, -0.25) is 0 Å². The van der Waals surface area contributed by atoms with Gasteiger partial charge in [0.1, 0.15) is 19.2 Å². The molecule has 0 unspecified atom stereocenters. The van der Waals surface area contributed by atoms with Crippen LogP contribution in [-0.4, -0.2) is 62.3 Å². The smallest absolute Gasteiger partial charge is 0.407 e. The SMILES string of the molecule is CC.CCC/C=C1/C[C@@H](OC(=O)NCC)CCC1(C)C.C[NH+](CCO)CCO. The molecule has 1 atom stereocenters. The highest BCUT2D eigenvalue weighted by Crippen LogP contribution is 2.41. The molecule has 1 saturated carbocycles. The fourth-order valence-corrected chi connectivity index (χ4v) is 2.93. The topological polar surface area (TPSA) is 83.2 Å². The lowest BCUT2D eigenvalue weighted by Crippen LogP contribution is -3.10. The molecule has 0 aromatic heterocycles. The average molecular weight is 404 g/mol. The van der Waals surface area contributed by atoms with E-state index in [1.807, 2.05) is 27.8 Å². The van der Waals surface area contributed by atoms with Crippen LogP contribution < -0.4 is 10.2 Å². The van der Waals surface area contributed by atoms with Crippen LogP contribution >= 0.6 is 0 Å². The molecule has 0 aliphatic heterocycles. The van der Waals surface area contributed by atoms with Crippen molar-refractivity contribution in [1.82, 2.24) is 5.32 Å². The molecule has 168 valence electrons. The number of carbonyl (C=O) groups is 1. The van der Waals surface area contributed by atoms with Crippen molar-refractivity contribution >= 4 is 6.09 Å². The normalized spacial score (nSPS) is 19.2. The maximum atomic E-state index is 11.4. The van der Waals surface area contributed by atoms with Crippen molar-refractivity contribution in [3.8, 4) is 0 Å². The van der Waals surface area contributed by atoms with E-state index in [-0.39, 0.29) is 30.8 Å². The Kier molecular flexibility index (Phi) is 18.7. The van der Waals surface area contributed by atoms with Crippen molar-refractivity contribution in [3.05, 3.63) is 11.6 Å². The Morgan fingerprint density at radius 3 is 2.29 bits per heavy atom. The number of hydrogen-bond acceptors (Lipinski definition) is 4. The van der Waals surface area contributed by atoms with E-state index in [1.54, 1.807) is 0 Å². The van der Waals surface area contributed by atoms with E-state index in [9.17, 15) is 4.79 Å². The highest BCUT2D eigenvalue weighted by Gasteiger charge is 2.32. The monoisotopic (exact) mass is 403 g/mol. The number of ether oxygens (including phenoxy) is 1. The largest absolute Gasteiger partial charge is 0.446 e. The molecule has 0 radical (unpaired) electrons. The summed E-state index contributed by atoms with van der Waals surface area (Å²) in [5, 5.41) is 19.4. The second-order valence-corrected chi connectivity index (χ2v) is 7.61. The second-order valence-electron chi connectivity index (χ2n) is 7.61. The molecule has 6 heteroatoms. The molecule has 4 N–H and O–H groups in total. The summed E-state index contributed by atoms with van der Waals surface area (Å²) in [5.74, 6) is 0. The average Bonchev–Trinajstić information content (AvgIpc) is 2.65. The van der Waals surface area contributed by atoms with Crippen LogP contribution in [0.25, 0.3) is 0 Å². The summed E-state index contributed by atoms with van der Waals surface area (Å²) in [6, 6.07) is 0. The van der Waals surface area contributed by atoms with Crippen molar-refractivity contribution in [1.29, 1.82) is 0 Å². The molecule has 0 aromatic rings. The third-order valence-corrected chi connectivity index (χ3v) is 4.76. The number of rotatable bonds is 8. The Balaban J connectivity index is 0. The van der Waals surface area contributed by atoms with Gasteiger partial charge in [-0.1, -0.05) is 52.7 Å². The Bertz CT molecular complexity index is 405. The summed E-state index contributed by atoms with van der Waals surface area (Å²) in [4.78, 5) is 12.6. The summed E-state index contributed by atoms with van der Waals surface area (Å²) in [6.07, 6.45) is 7.34. The molecular weight excluding hydrogens is 356 g/mol. The number of carbonyl (C=O) groups excluding carboxylic acids is 1. The van der Waals surface area contributed by atoms with Gasteiger partial charge in [0.15, 0.2) is 0 Å². The molecule has 0 aromatic carbocycles. The zero-order chi connectivity index (χ0) is 22.0. The second kappa shape index (κ2) is 18.0. The van der Waals surface area contributed by atoms with Gasteiger partial charge in [0, 0.05) is 13.0 Å². The predicted molar refractivity (Wildman–Crippen MR) is 117 cm³/mol. The van der Waals surface area contributed by atoms with Crippen LogP contribution in [0, 0.1) is 5.41 Å². The lowest BCUT2D eigenvalue weighted by Gasteiger charge is -2.37. The van der Waals surface area contributed by atoms with Gasteiger partial charge in [-0.15, -0.1) is 0 Å². The molecule has 1 aliphatic carbocycles. The standard InChI is InChI=1S/C15H27NO2.C5H13NO2.C2H6/c1-5-7-8-12-11-13(9-10-15(12,3)4)18-14(17)16-6-2;1-6(2-4-7)3-5-8;1-2/h8,13H,5-7,9-11H2,1-4H3,(H,16,17);7-8H,2-5H2,1H3;1-2H3/p+1/b12-8-;;/t13-;;/m0../s1. The van der Waals surface area contributed by atoms with Crippen LogP contribution in [0.4, 0.5) is 4.79 Å². The lowest BCUT2D eigenvalue weighted by molar-refractivity contribution is -0.880. The van der Waals surface area contributed by atoms with Gasteiger partial charge in [-0.2, -0.15) is 0 Å². The van der Waals surface area contributed by atoms with Crippen molar-refractivity contribution in [2.45, 2.75) is 79.8 Å². The number of aliphatic hydroxyl groups excluding tert-OH is 2. The Morgan fingerprint density at radius 1 is 1.25 bits per heavy atom. The first-order valence-corrected chi connectivity index (χ1v) is 11.0. The summed E-state index contributed by atoms with van der Waals surface area (Å²) in [6.45, 7) is 15.1. The van der Waals surface area contributed by atoms with Gasteiger partial charge in [0.25, 0.3) is 0 Å². The molecule has 0 heterocycles. The first-order chi connectivity index (χ1) is 13.3. The highest BCUT2D eigenvalue weighted by atomic mass is 16.6. The number of amides is 1. The quantitative estimate of drug-likeness (QED) is 0.469. The molecule has 28 heavy (non-hydrogen) atoms. The summed E-state index contributed by atoms with van der Waals surface area (Å²) in [5.41, 5.74) is 1.71. The molecule has 1 aliphatic rings. The number of alkyl carbamates (subject to hydrolysis) is 1. The van der Waals surface area contributed by atoms with Crippen LogP contribution in [0.2, 0.25) is 0 Å². The van der Waals surface area contributed by atoms with Gasteiger partial charge in [-0.25, -0.2) is 4.79 Å². The number of unbranched alkanes of at least 4 members (excludes halogenated alkanes) is 1. The van der Waals surface area contributed by atoms with Crippen LogP contribution in [0.1, 0.15) is 73.6 Å². The molecule has 1 rings (SSSR count). The number of allylic oxidation sites excluding steroid dienone is 1. The van der Waals surface area contributed by atoms with E-state index in [1.165, 1.54) is 12.0 Å². The number of aliphatic hydroxyl groups is 2. The minimum Gasteiger partial charge on any atom is -0.446 e. The van der Waals surface area contributed by atoms with Gasteiger partial charge in [0.05, 0.1) is 20.3 Å². The molecule has 0 saturated heterocycles. The van der Waals surface area contributed by atoms with Gasteiger partial charge < -0.3 is 25.2 Å². The van der Waals surface area contributed by atoms with Crippen LogP contribution in [0.15, 0.2) is 11.6 Å². The molecular formula is C22H47N2O4+. The van der Waals surface area contributed by atoms with E-state index in [0.29, 0.717) is 6.54 Å². The van der Waals surface area contributed by atoms with E-state index < -0.39 is 0 Å². The predicted octanol–water partition coefficient (Wildman–Crippen LogP) is 2.55. The van der Waals surface area contributed by atoms with Crippen LogP contribution in [0.3, 0.4) is 0 Å². The van der Waals surface area contributed by atoms with E-state index >= 15 is 0 Å². The van der Waals surface area contributed by atoms with Crippen LogP contribution in [0.5, 0.6) is 0 Å². The van der Waals surface area contributed by atoms with Crippen LogP contribution in [-0.2, 0) is 4.74 Å². The zero-order valence-electron chi connectivity index (χ0n) is 19.4. The fraction of sp³-hybridized carbons (Fsp3) is 0.864. The Hall–Kier alpha value is -1.11. The number of quaternary nitrogens is 1. The molecule has 0 bridgehead atoms. The minimum atomic E-state index is -0.281. The Labute approximate surface area is 173 Å². The first-order valence-electron chi connectivity index (χ1n) is 11.0. The summed E-state index contributed by atoms with van der Waals surface area (Å²) >= 11 is 0. The zero-order valence-corrected chi connectivity index (χ0v) is 19.4. The van der Waals surface area contributed by atoms with Crippen molar-refractivity contribution in [2.75, 3.05) is 39.9 Å². The van der Waals surface area contributed by atoms with Crippen molar-refractivity contribution in [3.63, 3.8) is 0 Å². The number of nitrogens with one attached hydrogen (secondary N) is 2. The minimum absolute atomic E-state index is 0.0488. The molecule has 1 amide bonds. The van der Waals surface area contributed by atoms with Crippen molar-refractivity contribution < 1.29 is 24.6 Å². The third-order valence-electron chi connectivity index (χ3n) is 4.76. The maximum Gasteiger partial charge on any atom is 0.407 e. The molecule has 6 nitrogen and oxygen atoms in total. The lowest BCUT2D eigenvalue weighted by atomic mass is 9.72. The molecule has 1 fully saturated rings. The summed E-state index contributed by atoms with van der Waals surface area (Å²) < 4.78 is 5.44. The number of hydrogen-bond donors (Lipinski definition) is 4. The number of likely N-dealkylation sites (N-methyl/N-ethyl adjacent to an activating group) is 1. The molecule has 0 spiro atoms. The van der Waals surface area contributed by atoms with Gasteiger partial charge in [0.2, 0.25) is 0 Å². The van der Waals surface area contributed by atoms with Gasteiger partial charge in [-0.05, 0) is 31.6 Å². The third kappa shape index (κ3) is 14.0. The summed E-state index contributed by atoms with van der Waals surface area (Å²) in [7, 11) is 1.94. The maximum absolute atomic E-state index is 11.4. The fourth-order valence-electron chi connectivity index (χ4n) is 2.93. The van der Waals surface area contributed by atoms with E-state index in [4.69, 9.17) is 14.9 Å². The van der Waals surface area contributed by atoms with Crippen molar-refractivity contribution in [2.24, 2.45) is 5.41 Å².